The van der Waals surface area contributed by atoms with Crippen molar-refractivity contribution in [3.63, 3.8) is 0 Å². The minimum Gasteiger partial charge on any atom is -0.461 e. The number of allylic oxidation sites excluding steroid dienone is 6. The van der Waals surface area contributed by atoms with Crippen LogP contribution in [0.15, 0.2) is 61.8 Å². The Labute approximate surface area is 144 Å². The van der Waals surface area contributed by atoms with Crippen molar-refractivity contribution in [2.45, 2.75) is 25.7 Å². The largest absolute Gasteiger partial charge is 0.461 e. The van der Waals surface area contributed by atoms with E-state index in [4.69, 9.17) is 9.47 Å². The third-order valence-electron chi connectivity index (χ3n) is 3.62. The van der Waals surface area contributed by atoms with Gasteiger partial charge in [-0.1, -0.05) is 48.6 Å². The lowest BCUT2D eigenvalue weighted by Crippen LogP contribution is -2.33. The summed E-state index contributed by atoms with van der Waals surface area (Å²) >= 11 is 0. The first-order chi connectivity index (χ1) is 11.7. The van der Waals surface area contributed by atoms with E-state index in [-0.39, 0.29) is 25.2 Å². The van der Waals surface area contributed by atoms with Crippen molar-refractivity contribution in [3.8, 4) is 0 Å². The topological polar surface area (TPSA) is 52.6 Å². The molecule has 0 heterocycles. The number of hydrogen-bond donors (Lipinski definition) is 0. The van der Waals surface area contributed by atoms with Crippen LogP contribution in [0.25, 0.3) is 0 Å². The first kappa shape index (κ1) is 19.7. The van der Waals surface area contributed by atoms with E-state index < -0.39 is 11.8 Å². The molecule has 0 N–H and O–H groups in total. The summed E-state index contributed by atoms with van der Waals surface area (Å²) in [6.45, 7) is 7.63. The van der Waals surface area contributed by atoms with Crippen molar-refractivity contribution in [3.05, 3.63) is 61.8 Å². The number of carbonyl (C=O) groups is 2. The van der Waals surface area contributed by atoms with Gasteiger partial charge < -0.3 is 9.47 Å². The summed E-state index contributed by atoms with van der Waals surface area (Å²) in [5.41, 5.74) is 0. The average Bonchev–Trinajstić information content (AvgIpc) is 2.61. The van der Waals surface area contributed by atoms with Crippen LogP contribution < -0.4 is 0 Å². The molecule has 24 heavy (non-hydrogen) atoms. The Kier molecular flexibility index (Phi) is 9.93. The van der Waals surface area contributed by atoms with Gasteiger partial charge in [-0.25, -0.2) is 0 Å². The average molecular weight is 330 g/mol. The number of ether oxygens (including phenoxy) is 2. The second-order valence-electron chi connectivity index (χ2n) is 5.41. The van der Waals surface area contributed by atoms with Gasteiger partial charge >= 0.3 is 11.9 Å². The quantitative estimate of drug-likeness (QED) is 0.450. The van der Waals surface area contributed by atoms with Gasteiger partial charge in [-0.15, -0.1) is 13.2 Å². The van der Waals surface area contributed by atoms with E-state index in [1.54, 1.807) is 24.3 Å². The van der Waals surface area contributed by atoms with E-state index in [2.05, 4.69) is 13.2 Å². The van der Waals surface area contributed by atoms with E-state index >= 15 is 0 Å². The van der Waals surface area contributed by atoms with Crippen molar-refractivity contribution in [1.82, 2.24) is 0 Å². The molecule has 0 aromatic carbocycles. The number of carbonyl (C=O) groups excluding carboxylic acids is 2. The van der Waals surface area contributed by atoms with E-state index in [1.807, 2.05) is 24.3 Å². The zero-order valence-corrected chi connectivity index (χ0v) is 14.1. The zero-order valence-electron chi connectivity index (χ0n) is 14.1. The highest BCUT2D eigenvalue weighted by Crippen LogP contribution is 2.28. The maximum Gasteiger partial charge on any atom is 0.310 e. The summed E-state index contributed by atoms with van der Waals surface area (Å²) in [6, 6.07) is 0. The van der Waals surface area contributed by atoms with Crippen LogP contribution in [0.1, 0.15) is 25.7 Å². The molecule has 0 aliphatic heterocycles. The van der Waals surface area contributed by atoms with E-state index in [9.17, 15) is 9.59 Å². The molecule has 1 aliphatic carbocycles. The third-order valence-corrected chi connectivity index (χ3v) is 3.62. The molecular formula is C20H26O4. The summed E-state index contributed by atoms with van der Waals surface area (Å²) in [6.07, 6.45) is 17.1. The number of rotatable bonds is 10. The maximum absolute atomic E-state index is 12.2. The van der Waals surface area contributed by atoms with E-state index in [1.165, 1.54) is 0 Å². The fourth-order valence-electron chi connectivity index (χ4n) is 2.33. The lowest BCUT2D eigenvalue weighted by molar-refractivity contribution is -0.159. The summed E-state index contributed by atoms with van der Waals surface area (Å²) in [5, 5.41) is 0. The molecule has 0 spiro atoms. The number of esters is 2. The SMILES string of the molecule is C=CC/C=C/COC(=O)C1CC=CCC1C(=O)OC/C=C/CC=C. The molecule has 2 atom stereocenters. The van der Waals surface area contributed by atoms with Crippen LogP contribution in [0.5, 0.6) is 0 Å². The first-order valence-corrected chi connectivity index (χ1v) is 8.20. The van der Waals surface area contributed by atoms with Crippen molar-refractivity contribution >= 4 is 11.9 Å². The Morgan fingerprint density at radius 1 is 0.833 bits per heavy atom. The van der Waals surface area contributed by atoms with Crippen molar-refractivity contribution in [2.24, 2.45) is 11.8 Å². The van der Waals surface area contributed by atoms with Gasteiger partial charge in [-0.2, -0.15) is 0 Å². The molecule has 0 amide bonds. The number of hydrogen-bond acceptors (Lipinski definition) is 4. The molecule has 130 valence electrons. The van der Waals surface area contributed by atoms with Crippen LogP contribution >= 0.6 is 0 Å². The highest BCUT2D eigenvalue weighted by Gasteiger charge is 2.36. The lowest BCUT2D eigenvalue weighted by atomic mass is 9.83. The first-order valence-electron chi connectivity index (χ1n) is 8.20. The molecule has 0 aromatic heterocycles. The predicted molar refractivity (Wildman–Crippen MR) is 95.2 cm³/mol. The molecular weight excluding hydrogens is 304 g/mol. The van der Waals surface area contributed by atoms with Gasteiger partial charge in [0, 0.05) is 0 Å². The zero-order chi connectivity index (χ0) is 17.6. The van der Waals surface area contributed by atoms with Crippen LogP contribution in [0.4, 0.5) is 0 Å². The highest BCUT2D eigenvalue weighted by molar-refractivity contribution is 5.82. The van der Waals surface area contributed by atoms with Gasteiger partial charge in [-0.3, -0.25) is 9.59 Å². The fraction of sp³-hybridized carbons (Fsp3) is 0.400. The standard InChI is InChI=1S/C20H26O4/c1-3-5-7-11-15-23-19(21)17-13-9-10-14-18(17)20(22)24-16-12-8-6-4-2/h3-4,7-12,17-18H,1-2,5-6,13-16H2/b11-7+,12-8+. The molecule has 0 saturated carbocycles. The second kappa shape index (κ2) is 12.1. The summed E-state index contributed by atoms with van der Waals surface area (Å²) < 4.78 is 10.5. The molecule has 0 saturated heterocycles. The molecule has 0 bridgehead atoms. The van der Waals surface area contributed by atoms with Crippen LogP contribution in [0.3, 0.4) is 0 Å². The van der Waals surface area contributed by atoms with Gasteiger partial charge in [-0.05, 0) is 25.7 Å². The minimum absolute atomic E-state index is 0.207. The molecule has 0 aromatic rings. The smallest absolute Gasteiger partial charge is 0.310 e. The van der Waals surface area contributed by atoms with Gasteiger partial charge in [0.1, 0.15) is 13.2 Å². The monoisotopic (exact) mass is 330 g/mol. The molecule has 0 fully saturated rings. The summed E-state index contributed by atoms with van der Waals surface area (Å²) in [7, 11) is 0. The molecule has 4 nitrogen and oxygen atoms in total. The fourth-order valence-corrected chi connectivity index (χ4v) is 2.33. The highest BCUT2D eigenvalue weighted by atomic mass is 16.5. The van der Waals surface area contributed by atoms with Crippen molar-refractivity contribution < 1.29 is 19.1 Å². The van der Waals surface area contributed by atoms with Crippen molar-refractivity contribution in [2.75, 3.05) is 13.2 Å². The van der Waals surface area contributed by atoms with Crippen LogP contribution in [-0.2, 0) is 19.1 Å². The summed E-state index contributed by atoms with van der Waals surface area (Å²) in [4.78, 5) is 24.4. The third kappa shape index (κ3) is 7.27. The van der Waals surface area contributed by atoms with Crippen molar-refractivity contribution in [1.29, 1.82) is 0 Å². The molecule has 2 unspecified atom stereocenters. The second-order valence-corrected chi connectivity index (χ2v) is 5.41. The molecule has 0 radical (unpaired) electrons. The minimum atomic E-state index is -0.479. The van der Waals surface area contributed by atoms with Gasteiger partial charge in [0.15, 0.2) is 0 Å². The maximum atomic E-state index is 12.2. The molecule has 1 aliphatic rings. The van der Waals surface area contributed by atoms with Crippen LogP contribution in [0, 0.1) is 11.8 Å². The molecule has 4 heteroatoms. The molecule has 1 rings (SSSR count). The van der Waals surface area contributed by atoms with Gasteiger partial charge in [0.2, 0.25) is 0 Å². The predicted octanol–water partition coefficient (Wildman–Crippen LogP) is 3.92. The Balaban J connectivity index is 2.49. The Morgan fingerprint density at radius 2 is 1.25 bits per heavy atom. The van der Waals surface area contributed by atoms with Crippen LogP contribution in [0.2, 0.25) is 0 Å². The van der Waals surface area contributed by atoms with E-state index in [0.29, 0.717) is 12.8 Å². The lowest BCUT2D eigenvalue weighted by Gasteiger charge is -2.24. The normalized spacial score (nSPS) is 20.2. The Morgan fingerprint density at radius 3 is 1.62 bits per heavy atom. The van der Waals surface area contributed by atoms with Gasteiger partial charge in [0.25, 0.3) is 0 Å². The summed E-state index contributed by atoms with van der Waals surface area (Å²) in [5.74, 6) is -1.67. The van der Waals surface area contributed by atoms with Crippen LogP contribution in [-0.4, -0.2) is 25.2 Å². The van der Waals surface area contributed by atoms with E-state index in [0.717, 1.165) is 12.8 Å². The Bertz CT molecular complexity index is 468. The Hall–Kier alpha value is -2.36. The van der Waals surface area contributed by atoms with Gasteiger partial charge in [0.05, 0.1) is 11.8 Å².